The zero-order chi connectivity index (χ0) is 12.6. The SMILES string of the molecule is CCOP(OCC)C(CC)P(=O)(OC)OC. The van der Waals surface area contributed by atoms with Crippen molar-refractivity contribution >= 4 is 16.0 Å². The van der Waals surface area contributed by atoms with Crippen molar-refractivity contribution in [2.75, 3.05) is 27.4 Å². The third-order valence-corrected chi connectivity index (χ3v) is 7.40. The van der Waals surface area contributed by atoms with Gasteiger partial charge in [0, 0.05) is 14.2 Å². The van der Waals surface area contributed by atoms with Crippen LogP contribution in [-0.4, -0.2) is 32.8 Å². The topological polar surface area (TPSA) is 54.0 Å². The first-order chi connectivity index (χ1) is 7.59. The Labute approximate surface area is 99.2 Å². The largest absolute Gasteiger partial charge is 0.342 e. The van der Waals surface area contributed by atoms with E-state index in [4.69, 9.17) is 18.1 Å². The second kappa shape index (κ2) is 8.57. The lowest BCUT2D eigenvalue weighted by Gasteiger charge is -2.28. The summed E-state index contributed by atoms with van der Waals surface area (Å²) < 4.78 is 33.3. The Morgan fingerprint density at radius 1 is 1.06 bits per heavy atom. The van der Waals surface area contributed by atoms with E-state index in [1.807, 2.05) is 20.8 Å². The van der Waals surface area contributed by atoms with E-state index in [2.05, 4.69) is 0 Å². The van der Waals surface area contributed by atoms with Crippen molar-refractivity contribution in [1.82, 2.24) is 0 Å². The van der Waals surface area contributed by atoms with Crippen molar-refractivity contribution < 1.29 is 22.7 Å². The predicted molar refractivity (Wildman–Crippen MR) is 65.9 cm³/mol. The molecule has 0 N–H and O–H groups in total. The summed E-state index contributed by atoms with van der Waals surface area (Å²) in [6.07, 6.45) is 0.630. The Morgan fingerprint density at radius 3 is 1.75 bits per heavy atom. The van der Waals surface area contributed by atoms with E-state index in [0.717, 1.165) is 0 Å². The van der Waals surface area contributed by atoms with Crippen molar-refractivity contribution in [2.45, 2.75) is 32.6 Å². The van der Waals surface area contributed by atoms with Crippen LogP contribution in [0.1, 0.15) is 27.2 Å². The molecule has 0 aromatic rings. The average molecular weight is 272 g/mol. The Bertz CT molecular complexity index is 210. The number of rotatable bonds is 9. The average Bonchev–Trinajstić information content (AvgIpc) is 2.30. The maximum atomic E-state index is 12.3. The van der Waals surface area contributed by atoms with Crippen molar-refractivity contribution in [3.05, 3.63) is 0 Å². The summed E-state index contributed by atoms with van der Waals surface area (Å²) in [4.78, 5) is 0. The summed E-state index contributed by atoms with van der Waals surface area (Å²) in [5.74, 6) is 0. The molecule has 0 aliphatic carbocycles. The molecule has 0 aliphatic rings. The fraction of sp³-hybridized carbons (Fsp3) is 1.00. The van der Waals surface area contributed by atoms with Gasteiger partial charge in [0.1, 0.15) is 5.40 Å². The van der Waals surface area contributed by atoms with Gasteiger partial charge in [0.2, 0.25) is 0 Å². The number of hydrogen-bond donors (Lipinski definition) is 0. The molecule has 0 bridgehead atoms. The molecule has 5 nitrogen and oxygen atoms in total. The lowest BCUT2D eigenvalue weighted by Crippen LogP contribution is -2.12. The van der Waals surface area contributed by atoms with Crippen LogP contribution in [0.4, 0.5) is 0 Å². The van der Waals surface area contributed by atoms with Gasteiger partial charge in [0.25, 0.3) is 0 Å². The molecule has 1 atom stereocenters. The van der Waals surface area contributed by atoms with E-state index in [-0.39, 0.29) is 5.40 Å². The van der Waals surface area contributed by atoms with Crippen LogP contribution < -0.4 is 0 Å². The highest BCUT2D eigenvalue weighted by atomic mass is 31.2. The molecular weight excluding hydrogens is 250 g/mol. The van der Waals surface area contributed by atoms with Crippen LogP contribution in [0, 0.1) is 0 Å². The maximum Gasteiger partial charge on any atom is 0.342 e. The van der Waals surface area contributed by atoms with E-state index in [1.54, 1.807) is 0 Å². The van der Waals surface area contributed by atoms with Gasteiger partial charge in [-0.15, -0.1) is 0 Å². The van der Waals surface area contributed by atoms with Crippen LogP contribution in [0.25, 0.3) is 0 Å². The summed E-state index contributed by atoms with van der Waals surface area (Å²) in [5, 5.41) is -0.336. The molecule has 16 heavy (non-hydrogen) atoms. The maximum absolute atomic E-state index is 12.3. The molecule has 0 aromatic carbocycles. The standard InChI is InChI=1S/C9H22O5P2/c1-6-9(16(10,11-4)12-5)15(13-7-2)14-8-3/h9H,6-8H2,1-5H3. The minimum atomic E-state index is -3.13. The van der Waals surface area contributed by atoms with Crippen LogP contribution >= 0.6 is 16.0 Å². The molecular formula is C9H22O5P2. The Hall–Kier alpha value is 0.500. The van der Waals surface area contributed by atoms with Crippen LogP contribution in [0.5, 0.6) is 0 Å². The monoisotopic (exact) mass is 272 g/mol. The molecule has 0 aliphatic heterocycles. The lowest BCUT2D eigenvalue weighted by atomic mass is 10.6. The molecule has 0 saturated heterocycles. The molecule has 0 amide bonds. The normalized spacial score (nSPS) is 14.4. The third-order valence-electron chi connectivity index (χ3n) is 2.00. The van der Waals surface area contributed by atoms with Gasteiger partial charge in [0.15, 0.2) is 8.38 Å². The van der Waals surface area contributed by atoms with Crippen LogP contribution in [0.3, 0.4) is 0 Å². The minimum absolute atomic E-state index is 0.336. The molecule has 0 aromatic heterocycles. The van der Waals surface area contributed by atoms with Gasteiger partial charge < -0.3 is 18.1 Å². The molecule has 0 heterocycles. The molecule has 98 valence electrons. The predicted octanol–water partition coefficient (Wildman–Crippen LogP) is 3.59. The zero-order valence-electron chi connectivity index (χ0n) is 10.6. The molecule has 0 spiro atoms. The first kappa shape index (κ1) is 16.5. The van der Waals surface area contributed by atoms with Crippen LogP contribution in [-0.2, 0) is 22.7 Å². The van der Waals surface area contributed by atoms with Crippen LogP contribution in [0.2, 0.25) is 0 Å². The second-order valence-electron chi connectivity index (χ2n) is 2.91. The van der Waals surface area contributed by atoms with Gasteiger partial charge in [-0.2, -0.15) is 0 Å². The van der Waals surface area contributed by atoms with Crippen LogP contribution in [0.15, 0.2) is 0 Å². The summed E-state index contributed by atoms with van der Waals surface area (Å²) in [6.45, 7) is 6.73. The third kappa shape index (κ3) is 4.40. The summed E-state index contributed by atoms with van der Waals surface area (Å²) >= 11 is 0. The summed E-state index contributed by atoms with van der Waals surface area (Å²) in [6, 6.07) is 0. The fourth-order valence-corrected chi connectivity index (χ4v) is 5.47. The van der Waals surface area contributed by atoms with E-state index in [9.17, 15) is 4.57 Å². The van der Waals surface area contributed by atoms with Crippen molar-refractivity contribution in [3.8, 4) is 0 Å². The Morgan fingerprint density at radius 2 is 1.50 bits per heavy atom. The highest BCUT2D eigenvalue weighted by Gasteiger charge is 2.40. The van der Waals surface area contributed by atoms with Crippen molar-refractivity contribution in [3.63, 3.8) is 0 Å². The summed E-state index contributed by atoms with van der Waals surface area (Å²) in [5.41, 5.74) is 0. The Kier molecular flexibility index (Phi) is 8.84. The van der Waals surface area contributed by atoms with Gasteiger partial charge in [-0.3, -0.25) is 4.57 Å². The highest BCUT2D eigenvalue weighted by molar-refractivity contribution is 7.69. The quantitative estimate of drug-likeness (QED) is 0.600. The van der Waals surface area contributed by atoms with Gasteiger partial charge in [-0.1, -0.05) is 6.92 Å². The van der Waals surface area contributed by atoms with E-state index in [0.29, 0.717) is 19.6 Å². The van der Waals surface area contributed by atoms with Crippen molar-refractivity contribution in [1.29, 1.82) is 0 Å². The Balaban J connectivity index is 4.82. The van der Waals surface area contributed by atoms with Gasteiger partial charge in [-0.05, 0) is 20.3 Å². The first-order valence-electron chi connectivity index (χ1n) is 5.35. The highest BCUT2D eigenvalue weighted by Crippen LogP contribution is 2.66. The molecule has 0 rings (SSSR count). The van der Waals surface area contributed by atoms with E-state index >= 15 is 0 Å². The van der Waals surface area contributed by atoms with Gasteiger partial charge >= 0.3 is 7.60 Å². The van der Waals surface area contributed by atoms with Gasteiger partial charge in [0.05, 0.1) is 13.2 Å². The summed E-state index contributed by atoms with van der Waals surface area (Å²) in [7, 11) is -1.59. The molecule has 0 fully saturated rings. The smallest absolute Gasteiger partial charge is 0.334 e. The second-order valence-corrected chi connectivity index (χ2v) is 7.47. The van der Waals surface area contributed by atoms with E-state index in [1.165, 1.54) is 14.2 Å². The van der Waals surface area contributed by atoms with Crippen molar-refractivity contribution in [2.24, 2.45) is 0 Å². The molecule has 0 radical (unpaired) electrons. The fourth-order valence-electron chi connectivity index (χ4n) is 1.27. The molecule has 7 heteroatoms. The number of hydrogen-bond acceptors (Lipinski definition) is 5. The first-order valence-corrected chi connectivity index (χ1v) is 8.21. The van der Waals surface area contributed by atoms with E-state index < -0.39 is 16.0 Å². The van der Waals surface area contributed by atoms with Gasteiger partial charge in [-0.25, -0.2) is 0 Å². The molecule has 1 unspecified atom stereocenters. The lowest BCUT2D eigenvalue weighted by molar-refractivity contribution is 0.247. The zero-order valence-corrected chi connectivity index (χ0v) is 12.4. The minimum Gasteiger partial charge on any atom is -0.334 e. The molecule has 0 saturated carbocycles.